The lowest BCUT2D eigenvalue weighted by Crippen LogP contribution is -2.43. The van der Waals surface area contributed by atoms with Crippen molar-refractivity contribution in [3.05, 3.63) is 42.5 Å². The monoisotopic (exact) mass is 285 g/mol. The first-order chi connectivity index (χ1) is 10.3. The molecule has 0 aliphatic carbocycles. The van der Waals surface area contributed by atoms with Gasteiger partial charge in [-0.15, -0.1) is 0 Å². The molecule has 6 nitrogen and oxygen atoms in total. The van der Waals surface area contributed by atoms with Crippen LogP contribution in [-0.2, 0) is 11.3 Å². The van der Waals surface area contributed by atoms with E-state index in [9.17, 15) is 4.79 Å². The highest BCUT2D eigenvalue weighted by atomic mass is 16.2. The number of rotatable bonds is 4. The van der Waals surface area contributed by atoms with E-state index in [2.05, 4.69) is 20.7 Å². The van der Waals surface area contributed by atoms with Crippen LogP contribution >= 0.6 is 0 Å². The molecule has 0 radical (unpaired) electrons. The van der Waals surface area contributed by atoms with E-state index in [1.165, 1.54) is 6.33 Å². The van der Waals surface area contributed by atoms with Crippen molar-refractivity contribution in [3.8, 4) is 0 Å². The zero-order valence-corrected chi connectivity index (χ0v) is 11.8. The molecule has 2 aromatic rings. The quantitative estimate of drug-likeness (QED) is 0.891. The van der Waals surface area contributed by atoms with E-state index in [1.54, 1.807) is 11.0 Å². The number of benzene rings is 1. The minimum atomic E-state index is -0.0716. The van der Waals surface area contributed by atoms with Crippen LogP contribution in [0.1, 0.15) is 24.8 Å². The third kappa shape index (κ3) is 3.66. The van der Waals surface area contributed by atoms with E-state index in [4.69, 9.17) is 0 Å². The van der Waals surface area contributed by atoms with Crippen LogP contribution in [0.15, 0.2) is 36.9 Å². The van der Waals surface area contributed by atoms with Crippen molar-refractivity contribution in [1.82, 2.24) is 20.1 Å². The summed E-state index contributed by atoms with van der Waals surface area (Å²) in [6, 6.07) is 7.76. The fraction of sp³-hybridized carbons (Fsp3) is 0.400. The molecule has 1 saturated heterocycles. The molecule has 1 atom stereocenters. The van der Waals surface area contributed by atoms with Crippen LogP contribution < -0.4 is 10.6 Å². The van der Waals surface area contributed by atoms with Crippen molar-refractivity contribution in [1.29, 1.82) is 0 Å². The number of hydrogen-bond donors (Lipinski definition) is 2. The largest absolute Gasteiger partial charge is 0.325 e. The SMILES string of the molecule is O=C(Nc1cccc(Cn2cncn2)c1)[C@@H]1CCCCN1. The zero-order valence-electron chi connectivity index (χ0n) is 11.8. The summed E-state index contributed by atoms with van der Waals surface area (Å²) in [5.41, 5.74) is 1.90. The summed E-state index contributed by atoms with van der Waals surface area (Å²) in [5.74, 6) is 0.0487. The normalized spacial score (nSPS) is 18.4. The number of carbonyl (C=O) groups is 1. The van der Waals surface area contributed by atoms with Crippen molar-refractivity contribution in [2.24, 2.45) is 0 Å². The number of anilines is 1. The van der Waals surface area contributed by atoms with Crippen LogP contribution in [0, 0.1) is 0 Å². The Morgan fingerprint density at radius 3 is 3.14 bits per heavy atom. The van der Waals surface area contributed by atoms with Crippen molar-refractivity contribution in [2.75, 3.05) is 11.9 Å². The predicted molar refractivity (Wildman–Crippen MR) is 79.8 cm³/mol. The van der Waals surface area contributed by atoms with Crippen molar-refractivity contribution in [2.45, 2.75) is 31.8 Å². The lowest BCUT2D eigenvalue weighted by atomic mass is 10.0. The van der Waals surface area contributed by atoms with E-state index < -0.39 is 0 Å². The third-order valence-corrected chi connectivity index (χ3v) is 3.63. The summed E-state index contributed by atoms with van der Waals surface area (Å²) in [5, 5.41) is 10.3. The second-order valence-corrected chi connectivity index (χ2v) is 5.29. The number of piperidine rings is 1. The highest BCUT2D eigenvalue weighted by Crippen LogP contribution is 2.14. The summed E-state index contributed by atoms with van der Waals surface area (Å²) < 4.78 is 1.75. The van der Waals surface area contributed by atoms with Gasteiger partial charge < -0.3 is 10.6 Å². The molecule has 2 N–H and O–H groups in total. The molecule has 0 spiro atoms. The predicted octanol–water partition coefficient (Wildman–Crippen LogP) is 1.41. The first kappa shape index (κ1) is 13.8. The molecule has 0 unspecified atom stereocenters. The standard InChI is InChI=1S/C15H19N5O/c21-15(14-6-1-2-7-17-14)19-13-5-3-4-12(8-13)9-20-11-16-10-18-20/h3-5,8,10-11,14,17H,1-2,6-7,9H2,(H,19,21)/t14-/m0/s1. The van der Waals surface area contributed by atoms with E-state index in [-0.39, 0.29) is 11.9 Å². The molecule has 1 aliphatic rings. The summed E-state index contributed by atoms with van der Waals surface area (Å²) in [4.78, 5) is 16.1. The summed E-state index contributed by atoms with van der Waals surface area (Å²) in [7, 11) is 0. The van der Waals surface area contributed by atoms with Crippen molar-refractivity contribution >= 4 is 11.6 Å². The number of hydrogen-bond acceptors (Lipinski definition) is 4. The molecule has 1 amide bonds. The Labute approximate surface area is 123 Å². The van der Waals surface area contributed by atoms with Crippen LogP contribution in [0.5, 0.6) is 0 Å². The average molecular weight is 285 g/mol. The first-order valence-corrected chi connectivity index (χ1v) is 7.27. The van der Waals surface area contributed by atoms with Crippen molar-refractivity contribution < 1.29 is 4.79 Å². The molecule has 0 bridgehead atoms. The molecule has 110 valence electrons. The van der Waals surface area contributed by atoms with Gasteiger partial charge in [0, 0.05) is 5.69 Å². The molecule has 21 heavy (non-hydrogen) atoms. The third-order valence-electron chi connectivity index (χ3n) is 3.63. The fourth-order valence-corrected chi connectivity index (χ4v) is 2.55. The van der Waals surface area contributed by atoms with Crippen LogP contribution in [-0.4, -0.2) is 33.3 Å². The minimum Gasteiger partial charge on any atom is -0.325 e. The van der Waals surface area contributed by atoms with Gasteiger partial charge in [0.2, 0.25) is 5.91 Å². The molecule has 1 aromatic carbocycles. The second kappa shape index (κ2) is 6.49. The van der Waals surface area contributed by atoms with Gasteiger partial charge in [-0.1, -0.05) is 18.6 Å². The van der Waals surface area contributed by atoms with Gasteiger partial charge in [-0.05, 0) is 37.1 Å². The highest BCUT2D eigenvalue weighted by molar-refractivity contribution is 5.94. The van der Waals surface area contributed by atoms with Crippen LogP contribution in [0.25, 0.3) is 0 Å². The topological polar surface area (TPSA) is 71.8 Å². The average Bonchev–Trinajstić information content (AvgIpc) is 3.01. The van der Waals surface area contributed by atoms with Gasteiger partial charge in [-0.25, -0.2) is 9.67 Å². The summed E-state index contributed by atoms with van der Waals surface area (Å²) in [6.45, 7) is 1.57. The Kier molecular flexibility index (Phi) is 4.25. The highest BCUT2D eigenvalue weighted by Gasteiger charge is 2.20. The summed E-state index contributed by atoms with van der Waals surface area (Å²) in [6.07, 6.45) is 6.36. The molecule has 3 rings (SSSR count). The molecular formula is C15H19N5O. The van der Waals surface area contributed by atoms with Gasteiger partial charge in [0.05, 0.1) is 12.6 Å². The second-order valence-electron chi connectivity index (χ2n) is 5.29. The fourth-order valence-electron chi connectivity index (χ4n) is 2.55. The van der Waals surface area contributed by atoms with E-state index in [0.29, 0.717) is 6.54 Å². The minimum absolute atomic E-state index is 0.0487. The molecule has 0 saturated carbocycles. The van der Waals surface area contributed by atoms with Gasteiger partial charge >= 0.3 is 0 Å². The Morgan fingerprint density at radius 1 is 1.43 bits per heavy atom. The van der Waals surface area contributed by atoms with Crippen LogP contribution in [0.3, 0.4) is 0 Å². The van der Waals surface area contributed by atoms with Crippen LogP contribution in [0.4, 0.5) is 5.69 Å². The Balaban J connectivity index is 1.63. The van der Waals surface area contributed by atoms with Gasteiger partial charge in [0.1, 0.15) is 12.7 Å². The van der Waals surface area contributed by atoms with Gasteiger partial charge in [0.15, 0.2) is 0 Å². The number of nitrogens with one attached hydrogen (secondary N) is 2. The number of nitrogens with zero attached hydrogens (tertiary/aromatic N) is 3. The van der Waals surface area contributed by atoms with E-state index in [0.717, 1.165) is 37.1 Å². The maximum atomic E-state index is 12.2. The molecule has 2 heterocycles. The first-order valence-electron chi connectivity index (χ1n) is 7.27. The maximum absolute atomic E-state index is 12.2. The lowest BCUT2D eigenvalue weighted by Gasteiger charge is -2.22. The van der Waals surface area contributed by atoms with E-state index in [1.807, 2.05) is 24.3 Å². The smallest absolute Gasteiger partial charge is 0.241 e. The number of aromatic nitrogens is 3. The van der Waals surface area contributed by atoms with Gasteiger partial charge in [-0.3, -0.25) is 4.79 Å². The number of carbonyl (C=O) groups excluding carboxylic acids is 1. The molecular weight excluding hydrogens is 266 g/mol. The zero-order chi connectivity index (χ0) is 14.5. The van der Waals surface area contributed by atoms with Gasteiger partial charge in [0.25, 0.3) is 0 Å². The molecule has 1 aliphatic heterocycles. The van der Waals surface area contributed by atoms with E-state index >= 15 is 0 Å². The lowest BCUT2D eigenvalue weighted by molar-refractivity contribution is -0.118. The Bertz CT molecular complexity index is 590. The molecule has 1 aromatic heterocycles. The van der Waals surface area contributed by atoms with Crippen LogP contribution in [0.2, 0.25) is 0 Å². The van der Waals surface area contributed by atoms with Gasteiger partial charge in [-0.2, -0.15) is 5.10 Å². The van der Waals surface area contributed by atoms with Crippen molar-refractivity contribution in [3.63, 3.8) is 0 Å². The Morgan fingerprint density at radius 2 is 2.38 bits per heavy atom. The number of amides is 1. The molecule has 6 heteroatoms. The summed E-state index contributed by atoms with van der Waals surface area (Å²) >= 11 is 0. The Hall–Kier alpha value is -2.21. The maximum Gasteiger partial charge on any atom is 0.241 e. The molecule has 1 fully saturated rings.